The monoisotopic (exact) mass is 454 g/mol. The van der Waals surface area contributed by atoms with E-state index in [-0.39, 0.29) is 17.6 Å². The van der Waals surface area contributed by atoms with Crippen LogP contribution in [0.3, 0.4) is 0 Å². The fourth-order valence-corrected chi connectivity index (χ4v) is 5.53. The summed E-state index contributed by atoms with van der Waals surface area (Å²) in [7, 11) is 0. The first-order valence-corrected chi connectivity index (χ1v) is 9.86. The van der Waals surface area contributed by atoms with Crippen molar-refractivity contribution in [1.29, 1.82) is 0 Å². The Kier molecular flexibility index (Phi) is 4.35. The van der Waals surface area contributed by atoms with Gasteiger partial charge in [-0.15, -0.1) is 0 Å². The van der Waals surface area contributed by atoms with Crippen LogP contribution in [0.4, 0.5) is 5.82 Å². The van der Waals surface area contributed by atoms with E-state index in [9.17, 15) is 5.11 Å². The average molecular weight is 456 g/mol. The number of aliphatic hydroxyl groups excluding tert-OH is 1. The van der Waals surface area contributed by atoms with Crippen LogP contribution in [0.5, 0.6) is 0 Å². The zero-order valence-electron chi connectivity index (χ0n) is 13.3. The quantitative estimate of drug-likeness (QED) is 0.712. The Hall–Kier alpha value is -0.690. The third kappa shape index (κ3) is 2.87. The van der Waals surface area contributed by atoms with Crippen LogP contribution < -0.4 is 5.32 Å². The highest BCUT2D eigenvalue weighted by Gasteiger charge is 2.51. The van der Waals surface area contributed by atoms with Crippen molar-refractivity contribution >= 4 is 48.5 Å². The first-order chi connectivity index (χ1) is 11.5. The highest BCUT2D eigenvalue weighted by Crippen LogP contribution is 2.49. The van der Waals surface area contributed by atoms with Crippen molar-refractivity contribution < 1.29 is 9.84 Å². The van der Waals surface area contributed by atoms with Crippen molar-refractivity contribution in [2.45, 2.75) is 31.3 Å². The highest BCUT2D eigenvalue weighted by atomic mass is 79.9. The maximum absolute atomic E-state index is 9.75. The molecule has 1 aliphatic carbocycles. The molecule has 4 rings (SSSR count). The van der Waals surface area contributed by atoms with Gasteiger partial charge in [0.25, 0.3) is 0 Å². The fraction of sp³-hybridized carbons (Fsp3) is 0.500. The SMILES string of the molecule is OCC12CCCC(CNc3nccc4c(Br)cc(Br)cc34)(C1)OC2. The molecule has 0 spiro atoms. The Balaban J connectivity index is 1.60. The zero-order chi connectivity index (χ0) is 16.8. The lowest BCUT2D eigenvalue weighted by molar-refractivity contribution is 0.00954. The number of anilines is 1. The summed E-state index contributed by atoms with van der Waals surface area (Å²) in [4.78, 5) is 4.53. The van der Waals surface area contributed by atoms with Crippen LogP contribution in [-0.4, -0.2) is 35.5 Å². The van der Waals surface area contributed by atoms with E-state index in [1.165, 1.54) is 0 Å². The van der Waals surface area contributed by atoms with E-state index in [2.05, 4.69) is 48.2 Å². The van der Waals surface area contributed by atoms with E-state index in [1.54, 1.807) is 0 Å². The Morgan fingerprint density at radius 3 is 2.96 bits per heavy atom. The molecule has 1 aliphatic heterocycles. The molecule has 4 nitrogen and oxygen atoms in total. The van der Waals surface area contributed by atoms with Gasteiger partial charge in [-0.25, -0.2) is 4.98 Å². The first-order valence-electron chi connectivity index (χ1n) is 8.27. The second-order valence-electron chi connectivity index (χ2n) is 7.16. The Labute approximate surface area is 158 Å². The molecule has 24 heavy (non-hydrogen) atoms. The molecule has 128 valence electrons. The molecule has 2 N–H and O–H groups in total. The van der Waals surface area contributed by atoms with E-state index < -0.39 is 0 Å². The number of aliphatic hydroxyl groups is 1. The molecule has 1 saturated carbocycles. The highest BCUT2D eigenvalue weighted by molar-refractivity contribution is 9.11. The molecule has 2 fully saturated rings. The number of rotatable bonds is 4. The number of benzene rings is 1. The van der Waals surface area contributed by atoms with Gasteiger partial charge < -0.3 is 15.2 Å². The number of hydrogen-bond donors (Lipinski definition) is 2. The summed E-state index contributed by atoms with van der Waals surface area (Å²) in [6.45, 7) is 1.62. The lowest BCUT2D eigenvalue weighted by Crippen LogP contribution is -2.41. The average Bonchev–Trinajstić information content (AvgIpc) is 2.85. The number of hydrogen-bond acceptors (Lipinski definition) is 4. The van der Waals surface area contributed by atoms with Crippen LogP contribution in [0.2, 0.25) is 0 Å². The number of ether oxygens (including phenoxy) is 1. The maximum Gasteiger partial charge on any atom is 0.133 e. The van der Waals surface area contributed by atoms with Crippen LogP contribution in [0.25, 0.3) is 10.8 Å². The second kappa shape index (κ2) is 6.24. The summed E-state index contributed by atoms with van der Waals surface area (Å²) in [5.74, 6) is 0.875. The topological polar surface area (TPSA) is 54.4 Å². The van der Waals surface area contributed by atoms with E-state index >= 15 is 0 Å². The van der Waals surface area contributed by atoms with Crippen molar-refractivity contribution in [1.82, 2.24) is 4.98 Å². The van der Waals surface area contributed by atoms with Gasteiger partial charge in [-0.05, 0) is 43.9 Å². The number of halogens is 2. The van der Waals surface area contributed by atoms with Crippen LogP contribution in [0.1, 0.15) is 25.7 Å². The Morgan fingerprint density at radius 2 is 2.12 bits per heavy atom. The predicted molar refractivity (Wildman–Crippen MR) is 102 cm³/mol. The van der Waals surface area contributed by atoms with Crippen LogP contribution >= 0.6 is 31.9 Å². The summed E-state index contributed by atoms with van der Waals surface area (Å²) in [6, 6.07) is 6.14. The molecule has 2 aromatic rings. The summed E-state index contributed by atoms with van der Waals surface area (Å²) < 4.78 is 8.24. The number of pyridine rings is 1. The Bertz CT molecular complexity index is 785. The number of fused-ring (bicyclic) bond motifs is 3. The minimum Gasteiger partial charge on any atom is -0.396 e. The largest absolute Gasteiger partial charge is 0.396 e. The van der Waals surface area contributed by atoms with Gasteiger partial charge in [0.15, 0.2) is 0 Å². The van der Waals surface area contributed by atoms with Crippen molar-refractivity contribution in [3.05, 3.63) is 33.3 Å². The lowest BCUT2D eigenvalue weighted by Gasteiger charge is -2.36. The summed E-state index contributed by atoms with van der Waals surface area (Å²) in [5, 5.41) is 15.5. The van der Waals surface area contributed by atoms with Crippen molar-refractivity contribution in [2.75, 3.05) is 25.1 Å². The molecular formula is C18H20Br2N2O2. The molecular weight excluding hydrogens is 436 g/mol. The summed E-state index contributed by atoms with van der Waals surface area (Å²) >= 11 is 7.17. The van der Waals surface area contributed by atoms with Gasteiger partial charge in [0.2, 0.25) is 0 Å². The second-order valence-corrected chi connectivity index (χ2v) is 8.93. The van der Waals surface area contributed by atoms with Gasteiger partial charge in [0, 0.05) is 37.9 Å². The van der Waals surface area contributed by atoms with Crippen molar-refractivity contribution in [2.24, 2.45) is 5.41 Å². The lowest BCUT2D eigenvalue weighted by atomic mass is 9.71. The number of aromatic nitrogens is 1. The molecule has 2 aliphatic rings. The summed E-state index contributed by atoms with van der Waals surface area (Å²) in [6.07, 6.45) is 5.98. The van der Waals surface area contributed by atoms with Gasteiger partial charge in [0.05, 0.1) is 18.8 Å². The molecule has 1 aromatic heterocycles. The molecule has 0 radical (unpaired) electrons. The number of nitrogens with zero attached hydrogens (tertiary/aromatic N) is 1. The van der Waals surface area contributed by atoms with Crippen molar-refractivity contribution in [3.63, 3.8) is 0 Å². The van der Waals surface area contributed by atoms with Gasteiger partial charge >= 0.3 is 0 Å². The third-order valence-corrected chi connectivity index (χ3v) is 6.54. The standard InChI is InChI=1S/C18H20Br2N2O2/c19-12-6-14-13(15(20)7-12)2-5-21-16(14)22-9-18-4-1-3-17(8-18,10-23)11-24-18/h2,5-7,23H,1,3-4,8-11H2,(H,21,22). The van der Waals surface area contributed by atoms with Gasteiger partial charge in [-0.2, -0.15) is 0 Å². The normalized spacial score (nSPS) is 29.1. The zero-order valence-corrected chi connectivity index (χ0v) is 16.5. The van der Waals surface area contributed by atoms with Gasteiger partial charge in [-0.1, -0.05) is 31.9 Å². The smallest absolute Gasteiger partial charge is 0.133 e. The predicted octanol–water partition coefficient (Wildman–Crippen LogP) is 4.49. The Morgan fingerprint density at radius 1 is 1.25 bits per heavy atom. The molecule has 2 atom stereocenters. The molecule has 1 aromatic carbocycles. The number of nitrogens with one attached hydrogen (secondary N) is 1. The van der Waals surface area contributed by atoms with Crippen LogP contribution in [0.15, 0.2) is 33.3 Å². The molecule has 1 saturated heterocycles. The maximum atomic E-state index is 9.75. The van der Waals surface area contributed by atoms with E-state index in [0.29, 0.717) is 6.61 Å². The van der Waals surface area contributed by atoms with E-state index in [1.807, 2.05) is 18.3 Å². The molecule has 2 bridgehead atoms. The van der Waals surface area contributed by atoms with Crippen LogP contribution in [-0.2, 0) is 4.74 Å². The van der Waals surface area contributed by atoms with Gasteiger partial charge in [-0.3, -0.25) is 0 Å². The summed E-state index contributed by atoms with van der Waals surface area (Å²) in [5.41, 5.74) is -0.202. The van der Waals surface area contributed by atoms with E-state index in [4.69, 9.17) is 4.74 Å². The van der Waals surface area contributed by atoms with Gasteiger partial charge in [0.1, 0.15) is 5.82 Å². The first kappa shape index (κ1) is 16.8. The third-order valence-electron chi connectivity index (χ3n) is 5.43. The van der Waals surface area contributed by atoms with Crippen LogP contribution in [0, 0.1) is 5.41 Å². The minimum atomic E-state index is -0.173. The molecule has 0 amide bonds. The molecule has 6 heteroatoms. The molecule has 2 heterocycles. The van der Waals surface area contributed by atoms with Crippen molar-refractivity contribution in [3.8, 4) is 0 Å². The van der Waals surface area contributed by atoms with E-state index in [0.717, 1.165) is 57.8 Å². The fourth-order valence-electron chi connectivity index (χ4n) is 4.17. The minimum absolute atomic E-state index is 0.0296. The molecule has 2 unspecified atom stereocenters.